The number of oxime groups is 1. The maximum atomic E-state index is 12.9. The molecular formula is C16H21N3O2. The Morgan fingerprint density at radius 3 is 2.90 bits per heavy atom. The number of nitrogens with two attached hydrogens (primary N) is 1. The molecule has 0 spiro atoms. The molecule has 0 bridgehead atoms. The van der Waals surface area contributed by atoms with Crippen LogP contribution in [-0.2, 0) is 11.2 Å². The van der Waals surface area contributed by atoms with Crippen LogP contribution in [0, 0.1) is 0 Å². The molecule has 3 N–H and O–H groups in total. The summed E-state index contributed by atoms with van der Waals surface area (Å²) in [7, 11) is 0. The summed E-state index contributed by atoms with van der Waals surface area (Å²) in [5.41, 5.74) is 8.17. The molecule has 1 aliphatic carbocycles. The molecule has 0 radical (unpaired) electrons. The van der Waals surface area contributed by atoms with E-state index in [1.54, 1.807) is 4.90 Å². The summed E-state index contributed by atoms with van der Waals surface area (Å²) in [5.74, 6) is 0.184. The predicted octanol–water partition coefficient (Wildman–Crippen LogP) is 1.84. The van der Waals surface area contributed by atoms with Crippen molar-refractivity contribution in [1.82, 2.24) is 4.90 Å². The van der Waals surface area contributed by atoms with E-state index in [1.807, 2.05) is 12.1 Å². The van der Waals surface area contributed by atoms with Crippen molar-refractivity contribution in [3.05, 3.63) is 35.4 Å². The minimum absolute atomic E-state index is 0.0814. The van der Waals surface area contributed by atoms with Crippen molar-refractivity contribution in [3.63, 3.8) is 0 Å². The van der Waals surface area contributed by atoms with Crippen LogP contribution in [0.2, 0.25) is 0 Å². The summed E-state index contributed by atoms with van der Waals surface area (Å²) in [6.45, 7) is 0.693. The minimum atomic E-state index is -0.253. The van der Waals surface area contributed by atoms with Crippen LogP contribution in [0.5, 0.6) is 0 Å². The van der Waals surface area contributed by atoms with Gasteiger partial charge in [-0.25, -0.2) is 0 Å². The first-order valence-electron chi connectivity index (χ1n) is 7.58. The van der Waals surface area contributed by atoms with Gasteiger partial charge in [-0.15, -0.1) is 0 Å². The molecule has 0 aromatic heterocycles. The standard InChI is InChI=1S/C16H21N3O2/c17-15(18-21)14-9-4-10-19(14)16(20)13-8-3-6-11-5-1-2-7-12(11)13/h1-2,5,7,13-14,21H,3-4,6,8-10H2,(H2,17,18). The summed E-state index contributed by atoms with van der Waals surface area (Å²) in [4.78, 5) is 14.7. The number of rotatable bonds is 2. The smallest absolute Gasteiger partial charge is 0.230 e. The van der Waals surface area contributed by atoms with Crippen molar-refractivity contribution < 1.29 is 10.0 Å². The van der Waals surface area contributed by atoms with Crippen molar-refractivity contribution in [3.8, 4) is 0 Å². The van der Waals surface area contributed by atoms with Crippen LogP contribution < -0.4 is 5.73 Å². The van der Waals surface area contributed by atoms with Crippen molar-refractivity contribution in [1.29, 1.82) is 0 Å². The number of likely N-dealkylation sites (tertiary alicyclic amines) is 1. The molecular weight excluding hydrogens is 266 g/mol. The first-order valence-corrected chi connectivity index (χ1v) is 7.58. The molecule has 21 heavy (non-hydrogen) atoms. The van der Waals surface area contributed by atoms with E-state index < -0.39 is 0 Å². The van der Waals surface area contributed by atoms with E-state index in [2.05, 4.69) is 17.3 Å². The quantitative estimate of drug-likeness (QED) is 0.377. The molecule has 0 saturated carbocycles. The average molecular weight is 287 g/mol. The molecule has 112 valence electrons. The van der Waals surface area contributed by atoms with Crippen LogP contribution in [0.1, 0.15) is 42.7 Å². The van der Waals surface area contributed by atoms with Crippen LogP contribution in [0.25, 0.3) is 0 Å². The normalized spacial score (nSPS) is 25.7. The zero-order chi connectivity index (χ0) is 14.8. The van der Waals surface area contributed by atoms with Gasteiger partial charge >= 0.3 is 0 Å². The van der Waals surface area contributed by atoms with Gasteiger partial charge < -0.3 is 15.8 Å². The molecule has 1 aromatic carbocycles. The average Bonchev–Trinajstić information content (AvgIpc) is 3.02. The van der Waals surface area contributed by atoms with Gasteiger partial charge in [0, 0.05) is 6.54 Å². The lowest BCUT2D eigenvalue weighted by molar-refractivity contribution is -0.133. The topological polar surface area (TPSA) is 78.9 Å². The number of amidine groups is 1. The molecule has 1 fully saturated rings. The molecule has 2 unspecified atom stereocenters. The number of carbonyl (C=O) groups is 1. The Morgan fingerprint density at radius 2 is 2.10 bits per heavy atom. The second-order valence-corrected chi connectivity index (χ2v) is 5.86. The number of hydrogen-bond acceptors (Lipinski definition) is 3. The van der Waals surface area contributed by atoms with Crippen molar-refractivity contribution in [2.45, 2.75) is 44.1 Å². The van der Waals surface area contributed by atoms with E-state index in [-0.39, 0.29) is 23.7 Å². The van der Waals surface area contributed by atoms with Crippen LogP contribution in [0.3, 0.4) is 0 Å². The van der Waals surface area contributed by atoms with Gasteiger partial charge in [-0.05, 0) is 43.2 Å². The van der Waals surface area contributed by atoms with Gasteiger partial charge in [0.2, 0.25) is 5.91 Å². The van der Waals surface area contributed by atoms with Crippen molar-refractivity contribution >= 4 is 11.7 Å². The second kappa shape index (κ2) is 5.76. The fourth-order valence-corrected chi connectivity index (χ4v) is 3.62. The highest BCUT2D eigenvalue weighted by molar-refractivity contribution is 5.93. The summed E-state index contributed by atoms with van der Waals surface area (Å²) in [5, 5.41) is 12.0. The first-order chi connectivity index (χ1) is 10.2. The molecule has 2 aliphatic rings. The molecule has 1 saturated heterocycles. The summed E-state index contributed by atoms with van der Waals surface area (Å²) < 4.78 is 0. The molecule has 1 aromatic rings. The van der Waals surface area contributed by atoms with E-state index >= 15 is 0 Å². The number of benzene rings is 1. The third kappa shape index (κ3) is 2.48. The van der Waals surface area contributed by atoms with Crippen molar-refractivity contribution in [2.24, 2.45) is 10.9 Å². The molecule has 5 nitrogen and oxygen atoms in total. The van der Waals surface area contributed by atoms with Crippen LogP contribution in [-0.4, -0.2) is 34.4 Å². The molecule has 2 atom stereocenters. The van der Waals surface area contributed by atoms with E-state index in [0.29, 0.717) is 6.54 Å². The lowest BCUT2D eigenvalue weighted by Gasteiger charge is -2.31. The van der Waals surface area contributed by atoms with Gasteiger partial charge in [-0.3, -0.25) is 4.79 Å². The van der Waals surface area contributed by atoms with E-state index in [0.717, 1.165) is 37.7 Å². The van der Waals surface area contributed by atoms with Gasteiger partial charge in [-0.2, -0.15) is 0 Å². The van der Waals surface area contributed by atoms with E-state index in [4.69, 9.17) is 10.9 Å². The molecule has 1 heterocycles. The van der Waals surface area contributed by atoms with E-state index in [1.165, 1.54) is 5.56 Å². The molecule has 5 heteroatoms. The number of aryl methyl sites for hydroxylation is 1. The fraction of sp³-hybridized carbons (Fsp3) is 0.500. The number of amides is 1. The summed E-state index contributed by atoms with van der Waals surface area (Å²) >= 11 is 0. The highest BCUT2D eigenvalue weighted by atomic mass is 16.4. The molecule has 1 amide bonds. The fourth-order valence-electron chi connectivity index (χ4n) is 3.62. The highest BCUT2D eigenvalue weighted by Crippen LogP contribution is 2.34. The maximum absolute atomic E-state index is 12.9. The van der Waals surface area contributed by atoms with Gasteiger partial charge in [0.25, 0.3) is 0 Å². The van der Waals surface area contributed by atoms with Crippen LogP contribution in [0.15, 0.2) is 29.4 Å². The zero-order valence-corrected chi connectivity index (χ0v) is 12.0. The van der Waals surface area contributed by atoms with Gasteiger partial charge in [0.05, 0.1) is 12.0 Å². The largest absolute Gasteiger partial charge is 0.409 e. The Labute approximate surface area is 124 Å². The third-order valence-corrected chi connectivity index (χ3v) is 4.66. The lowest BCUT2D eigenvalue weighted by atomic mass is 9.82. The van der Waals surface area contributed by atoms with Crippen LogP contribution in [0.4, 0.5) is 0 Å². The van der Waals surface area contributed by atoms with E-state index in [9.17, 15) is 4.79 Å². The monoisotopic (exact) mass is 287 g/mol. The summed E-state index contributed by atoms with van der Waals surface area (Å²) in [6, 6.07) is 7.94. The number of hydrogen-bond donors (Lipinski definition) is 2. The Morgan fingerprint density at radius 1 is 1.29 bits per heavy atom. The second-order valence-electron chi connectivity index (χ2n) is 5.86. The van der Waals surface area contributed by atoms with Gasteiger partial charge in [-0.1, -0.05) is 29.4 Å². The number of nitrogens with zero attached hydrogens (tertiary/aromatic N) is 2. The van der Waals surface area contributed by atoms with Gasteiger partial charge in [0.1, 0.15) is 0 Å². The van der Waals surface area contributed by atoms with Gasteiger partial charge in [0.15, 0.2) is 5.84 Å². The SMILES string of the molecule is NC(=NO)C1CCCN1C(=O)C1CCCc2ccccc21. The highest BCUT2D eigenvalue weighted by Gasteiger charge is 2.37. The summed E-state index contributed by atoms with van der Waals surface area (Å²) in [6.07, 6.45) is 4.64. The molecule has 3 rings (SSSR count). The first kappa shape index (κ1) is 13.9. The zero-order valence-electron chi connectivity index (χ0n) is 12.0. The number of carbonyl (C=O) groups excluding carboxylic acids is 1. The lowest BCUT2D eigenvalue weighted by Crippen LogP contribution is -2.46. The Hall–Kier alpha value is -2.04. The minimum Gasteiger partial charge on any atom is -0.409 e. The number of fused-ring (bicyclic) bond motifs is 1. The van der Waals surface area contributed by atoms with Crippen molar-refractivity contribution in [2.75, 3.05) is 6.54 Å². The Kier molecular flexibility index (Phi) is 3.82. The molecule has 1 aliphatic heterocycles. The Balaban J connectivity index is 1.86. The maximum Gasteiger partial charge on any atom is 0.230 e. The Bertz CT molecular complexity index is 570. The van der Waals surface area contributed by atoms with Crippen LogP contribution >= 0.6 is 0 Å². The predicted molar refractivity (Wildman–Crippen MR) is 80.3 cm³/mol. The third-order valence-electron chi connectivity index (χ3n) is 4.66.